The van der Waals surface area contributed by atoms with Crippen LogP contribution in [0.1, 0.15) is 0 Å². The minimum absolute atomic E-state index is 0.200. The lowest BCUT2D eigenvalue weighted by atomic mass is 10.5. The molecule has 0 aromatic rings. The van der Waals surface area contributed by atoms with E-state index in [4.69, 9.17) is 0 Å². The number of rotatable bonds is 1. The van der Waals surface area contributed by atoms with Crippen molar-refractivity contribution in [3.05, 3.63) is 22.0 Å². The van der Waals surface area contributed by atoms with Gasteiger partial charge in [-0.05, 0) is 0 Å². The molecule has 0 unspecified atom stereocenters. The van der Waals surface area contributed by atoms with Gasteiger partial charge in [-0.15, -0.1) is 5.11 Å². The highest BCUT2D eigenvalue weighted by Crippen LogP contribution is 1.94. The van der Waals surface area contributed by atoms with Gasteiger partial charge in [0, 0.05) is 0 Å². The van der Waals surface area contributed by atoms with Gasteiger partial charge >= 0.3 is 5.70 Å². The number of allylic oxidation sites excluding steroid dienone is 1. The molecule has 0 saturated heterocycles. The third-order valence-electron chi connectivity index (χ3n) is 0.758. The van der Waals surface area contributed by atoms with Crippen LogP contribution < -0.4 is 5.53 Å². The van der Waals surface area contributed by atoms with Crippen molar-refractivity contribution in [1.29, 1.82) is 0 Å². The van der Waals surface area contributed by atoms with Gasteiger partial charge in [-0.25, -0.2) is 0 Å². The van der Waals surface area contributed by atoms with Crippen molar-refractivity contribution in [2.75, 3.05) is 0 Å². The summed E-state index contributed by atoms with van der Waals surface area (Å²) < 4.78 is 0. The molecule has 1 aliphatic rings. The zero-order chi connectivity index (χ0) is 7.40. The van der Waals surface area contributed by atoms with Crippen LogP contribution in [0.5, 0.6) is 0 Å². The topological polar surface area (TPSA) is 92.2 Å². The molecule has 0 saturated carbocycles. The van der Waals surface area contributed by atoms with Crippen LogP contribution in [0, 0.1) is 10.1 Å². The van der Waals surface area contributed by atoms with Gasteiger partial charge in [-0.1, -0.05) is 5.22 Å². The van der Waals surface area contributed by atoms with Crippen molar-refractivity contribution >= 4 is 6.21 Å². The number of hydrogen-bond donors (Lipinski definition) is 1. The van der Waals surface area contributed by atoms with E-state index in [-0.39, 0.29) is 5.70 Å². The normalized spacial score (nSPS) is 15.4. The molecule has 0 radical (unpaired) electrons. The molecule has 10 heavy (non-hydrogen) atoms. The number of nitrogens with zero attached hydrogens (tertiary/aromatic N) is 4. The first-order valence-corrected chi connectivity index (χ1v) is 2.33. The molecular weight excluding hydrogens is 138 g/mol. The Hall–Kier alpha value is -1.79. The minimum atomic E-state index is -0.602. The maximum absolute atomic E-state index is 10.0. The quantitative estimate of drug-likeness (QED) is 0.413. The van der Waals surface area contributed by atoms with Crippen LogP contribution in [-0.2, 0) is 0 Å². The van der Waals surface area contributed by atoms with Crippen LogP contribution in [0.15, 0.2) is 27.3 Å². The summed E-state index contributed by atoms with van der Waals surface area (Å²) in [7, 11) is 0. The van der Waals surface area contributed by atoms with E-state index in [0.29, 0.717) is 0 Å². The van der Waals surface area contributed by atoms with Crippen LogP contribution in [-0.4, -0.2) is 11.1 Å². The summed E-state index contributed by atoms with van der Waals surface area (Å²) in [6.45, 7) is 0. The van der Waals surface area contributed by atoms with Gasteiger partial charge < -0.3 is 0 Å². The van der Waals surface area contributed by atoms with Crippen LogP contribution in [0.3, 0.4) is 0 Å². The Labute approximate surface area is 55.3 Å². The largest absolute Gasteiger partial charge is 0.309 e. The number of hydrogen-bond acceptors (Lipinski definition) is 6. The van der Waals surface area contributed by atoms with E-state index in [9.17, 15) is 10.1 Å². The van der Waals surface area contributed by atoms with Gasteiger partial charge in [0.05, 0.1) is 4.92 Å². The maximum atomic E-state index is 10.0. The maximum Gasteiger partial charge on any atom is 0.309 e. The average molecular weight is 141 g/mol. The summed E-state index contributed by atoms with van der Waals surface area (Å²) in [5.74, 6) is 0. The van der Waals surface area contributed by atoms with E-state index < -0.39 is 4.92 Å². The fourth-order valence-corrected chi connectivity index (χ4v) is 0.362. The van der Waals surface area contributed by atoms with Crippen LogP contribution in [0.2, 0.25) is 0 Å². The van der Waals surface area contributed by atoms with E-state index in [1.54, 1.807) is 0 Å². The summed E-state index contributed by atoms with van der Waals surface area (Å²) >= 11 is 0. The second-order valence-electron chi connectivity index (χ2n) is 1.38. The molecule has 1 aliphatic heterocycles. The number of hydrazone groups is 1. The molecule has 1 heterocycles. The fourth-order valence-electron chi connectivity index (χ4n) is 0.362. The van der Waals surface area contributed by atoms with Crippen LogP contribution in [0.25, 0.3) is 0 Å². The lowest BCUT2D eigenvalue weighted by Crippen LogP contribution is -2.00. The Morgan fingerprint density at radius 1 is 1.70 bits per heavy atom. The summed E-state index contributed by atoms with van der Waals surface area (Å²) in [5, 5.41) is 19.8. The minimum Gasteiger partial charge on any atom is -0.258 e. The monoisotopic (exact) mass is 141 g/mol. The zero-order valence-electron chi connectivity index (χ0n) is 4.76. The summed E-state index contributed by atoms with van der Waals surface area (Å²) in [4.78, 5) is 9.42. The molecular formula is C3H3N5O2. The van der Waals surface area contributed by atoms with Gasteiger partial charge in [0.2, 0.25) is 0 Å². The standard InChI is InChI=1S/C3H3N5O2/c9-8(10)3-1-4-6-7-5-2-3/h1-2H,(H,4,7). The first-order valence-electron chi connectivity index (χ1n) is 2.33. The lowest BCUT2D eigenvalue weighted by Gasteiger charge is -1.82. The van der Waals surface area contributed by atoms with Gasteiger partial charge in [0.25, 0.3) is 0 Å². The predicted octanol–water partition coefficient (Wildman–Crippen LogP) is 0.0607. The van der Waals surface area contributed by atoms with E-state index in [2.05, 4.69) is 21.0 Å². The fraction of sp³-hybridized carbons (Fsp3) is 0. The lowest BCUT2D eigenvalue weighted by molar-refractivity contribution is -0.414. The molecule has 52 valence electrons. The van der Waals surface area contributed by atoms with Crippen molar-refractivity contribution in [3.63, 3.8) is 0 Å². The molecule has 7 nitrogen and oxygen atoms in total. The zero-order valence-corrected chi connectivity index (χ0v) is 4.76. The van der Waals surface area contributed by atoms with E-state index >= 15 is 0 Å². The van der Waals surface area contributed by atoms with Crippen molar-refractivity contribution in [1.82, 2.24) is 5.53 Å². The van der Waals surface area contributed by atoms with Crippen molar-refractivity contribution in [2.45, 2.75) is 0 Å². The van der Waals surface area contributed by atoms with Crippen molar-refractivity contribution in [3.8, 4) is 0 Å². The Morgan fingerprint density at radius 3 is 3.20 bits per heavy atom. The molecule has 0 atom stereocenters. The third-order valence-corrected chi connectivity index (χ3v) is 0.758. The van der Waals surface area contributed by atoms with Crippen molar-refractivity contribution < 1.29 is 4.92 Å². The average Bonchev–Trinajstić information content (AvgIpc) is 2.12. The number of nitrogens with one attached hydrogen (secondary N) is 1. The second kappa shape index (κ2) is 2.67. The second-order valence-corrected chi connectivity index (χ2v) is 1.38. The number of nitro groups is 1. The Bertz CT molecular complexity index is 229. The SMILES string of the molecule is O=[N+]([O-])C1=CN=NNN=C1. The smallest absolute Gasteiger partial charge is 0.258 e. The molecule has 0 amide bonds. The summed E-state index contributed by atoms with van der Waals surface area (Å²) in [5.41, 5.74) is 1.90. The first kappa shape index (κ1) is 6.33. The summed E-state index contributed by atoms with van der Waals surface area (Å²) in [6, 6.07) is 0. The van der Waals surface area contributed by atoms with Gasteiger partial charge in [0.1, 0.15) is 12.4 Å². The van der Waals surface area contributed by atoms with Gasteiger partial charge in [-0.3, -0.25) is 10.1 Å². The molecule has 0 aliphatic carbocycles. The highest BCUT2D eigenvalue weighted by Gasteiger charge is 2.06. The van der Waals surface area contributed by atoms with Gasteiger partial charge in [-0.2, -0.15) is 10.6 Å². The third kappa shape index (κ3) is 1.34. The van der Waals surface area contributed by atoms with Crippen LogP contribution >= 0.6 is 0 Å². The molecule has 0 spiro atoms. The van der Waals surface area contributed by atoms with Gasteiger partial charge in [0.15, 0.2) is 0 Å². The molecule has 0 aromatic heterocycles. The Kier molecular flexibility index (Phi) is 1.69. The molecule has 0 aromatic carbocycles. The highest BCUT2D eigenvalue weighted by atomic mass is 16.6. The van der Waals surface area contributed by atoms with E-state index in [1.165, 1.54) is 0 Å². The van der Waals surface area contributed by atoms with Crippen LogP contribution in [0.4, 0.5) is 0 Å². The Balaban J connectivity index is 2.83. The summed E-state index contributed by atoms with van der Waals surface area (Å²) in [6.07, 6.45) is 2.03. The molecule has 7 heteroatoms. The highest BCUT2D eigenvalue weighted by molar-refractivity contribution is 5.74. The molecule has 0 bridgehead atoms. The van der Waals surface area contributed by atoms with E-state index in [0.717, 1.165) is 12.4 Å². The van der Waals surface area contributed by atoms with E-state index in [1.807, 2.05) is 0 Å². The molecule has 1 N–H and O–H groups in total. The first-order chi connectivity index (χ1) is 4.80. The predicted molar refractivity (Wildman–Crippen MR) is 31.6 cm³/mol. The molecule has 0 fully saturated rings. The van der Waals surface area contributed by atoms with Crippen molar-refractivity contribution in [2.24, 2.45) is 15.4 Å². The Morgan fingerprint density at radius 2 is 2.50 bits per heavy atom. The molecule has 1 rings (SSSR count).